The van der Waals surface area contributed by atoms with Crippen LogP contribution in [0.15, 0.2) is 42.6 Å². The lowest BCUT2D eigenvalue weighted by Gasteiger charge is -2.15. The van der Waals surface area contributed by atoms with Crippen LogP contribution in [0, 0.1) is 0 Å². The number of nitrogens with zero attached hydrogens (tertiary/aromatic N) is 1. The second-order valence-electron chi connectivity index (χ2n) is 4.86. The summed E-state index contributed by atoms with van der Waals surface area (Å²) < 4.78 is 39.6. The van der Waals surface area contributed by atoms with Gasteiger partial charge in [0, 0.05) is 5.39 Å². The second-order valence-corrected chi connectivity index (χ2v) is 4.86. The lowest BCUT2D eigenvalue weighted by Crippen LogP contribution is -2.07. The van der Waals surface area contributed by atoms with Gasteiger partial charge in [-0.25, -0.2) is 0 Å². The number of benzene rings is 2. The SMILES string of the molecule is CCc1cc2[nH]ncc2cc1-c1ccccc1C(F)(F)F. The lowest BCUT2D eigenvalue weighted by atomic mass is 9.93. The third-order valence-electron chi connectivity index (χ3n) is 3.57. The summed E-state index contributed by atoms with van der Waals surface area (Å²) >= 11 is 0. The monoisotopic (exact) mass is 290 g/mol. The van der Waals surface area contributed by atoms with Gasteiger partial charge in [-0.2, -0.15) is 18.3 Å². The van der Waals surface area contributed by atoms with Gasteiger partial charge >= 0.3 is 6.18 Å². The minimum absolute atomic E-state index is 0.213. The van der Waals surface area contributed by atoms with Gasteiger partial charge in [0.05, 0.1) is 17.3 Å². The van der Waals surface area contributed by atoms with E-state index < -0.39 is 11.7 Å². The van der Waals surface area contributed by atoms with Crippen LogP contribution in [0.25, 0.3) is 22.0 Å². The smallest absolute Gasteiger partial charge is 0.278 e. The molecule has 0 saturated carbocycles. The molecule has 0 aliphatic rings. The molecule has 2 aromatic carbocycles. The van der Waals surface area contributed by atoms with E-state index in [9.17, 15) is 13.2 Å². The summed E-state index contributed by atoms with van der Waals surface area (Å²) in [4.78, 5) is 0. The highest BCUT2D eigenvalue weighted by Crippen LogP contribution is 2.39. The highest BCUT2D eigenvalue weighted by atomic mass is 19.4. The van der Waals surface area contributed by atoms with E-state index in [4.69, 9.17) is 0 Å². The van der Waals surface area contributed by atoms with E-state index in [1.165, 1.54) is 12.1 Å². The Morgan fingerprint density at radius 1 is 1.10 bits per heavy atom. The van der Waals surface area contributed by atoms with Gasteiger partial charge in [-0.05, 0) is 41.3 Å². The Hall–Kier alpha value is -2.30. The van der Waals surface area contributed by atoms with E-state index in [1.807, 2.05) is 13.0 Å². The van der Waals surface area contributed by atoms with Crippen LogP contribution in [0.1, 0.15) is 18.1 Å². The molecular formula is C16H13F3N2. The molecule has 3 aromatic rings. The number of rotatable bonds is 2. The van der Waals surface area contributed by atoms with Gasteiger partial charge in [0.2, 0.25) is 0 Å². The van der Waals surface area contributed by atoms with Gasteiger partial charge in [-0.3, -0.25) is 5.10 Å². The number of fused-ring (bicyclic) bond motifs is 1. The molecule has 0 spiro atoms. The minimum Gasteiger partial charge on any atom is -0.278 e. The van der Waals surface area contributed by atoms with E-state index in [1.54, 1.807) is 18.3 Å². The second kappa shape index (κ2) is 4.91. The molecule has 1 N–H and O–H groups in total. The summed E-state index contributed by atoms with van der Waals surface area (Å²) in [7, 11) is 0. The van der Waals surface area contributed by atoms with Crippen LogP contribution in [0.3, 0.4) is 0 Å². The average molecular weight is 290 g/mol. The first kappa shape index (κ1) is 13.7. The zero-order valence-corrected chi connectivity index (χ0v) is 11.3. The van der Waals surface area contributed by atoms with Crippen molar-refractivity contribution < 1.29 is 13.2 Å². The molecule has 21 heavy (non-hydrogen) atoms. The molecule has 0 bridgehead atoms. The van der Waals surface area contributed by atoms with Crippen LogP contribution in [-0.2, 0) is 12.6 Å². The molecule has 0 saturated heterocycles. The summed E-state index contributed by atoms with van der Waals surface area (Å²) in [5.41, 5.74) is 1.91. The summed E-state index contributed by atoms with van der Waals surface area (Å²) in [5.74, 6) is 0. The maximum absolute atomic E-state index is 13.2. The standard InChI is InChI=1S/C16H13F3N2/c1-2-10-8-15-11(9-20-21-15)7-13(10)12-5-3-4-6-14(12)16(17,18)19/h3-9H,2H2,1H3,(H,20,21). The Balaban J connectivity index is 2.29. The molecule has 1 aromatic heterocycles. The van der Waals surface area contributed by atoms with Crippen molar-refractivity contribution in [3.63, 3.8) is 0 Å². The molecular weight excluding hydrogens is 277 g/mol. The average Bonchev–Trinajstić information content (AvgIpc) is 2.92. The zero-order chi connectivity index (χ0) is 15.0. The van der Waals surface area contributed by atoms with Crippen molar-refractivity contribution in [2.24, 2.45) is 0 Å². The highest BCUT2D eigenvalue weighted by molar-refractivity contribution is 5.87. The number of hydrogen-bond acceptors (Lipinski definition) is 1. The van der Waals surface area contributed by atoms with E-state index in [0.29, 0.717) is 12.0 Å². The predicted octanol–water partition coefficient (Wildman–Crippen LogP) is 4.81. The third-order valence-corrected chi connectivity index (χ3v) is 3.57. The van der Waals surface area contributed by atoms with Crippen LogP contribution in [0.2, 0.25) is 0 Å². The van der Waals surface area contributed by atoms with Crippen LogP contribution in [-0.4, -0.2) is 10.2 Å². The maximum atomic E-state index is 13.2. The first-order valence-corrected chi connectivity index (χ1v) is 6.63. The van der Waals surface area contributed by atoms with Gasteiger partial charge in [-0.15, -0.1) is 0 Å². The van der Waals surface area contributed by atoms with Gasteiger partial charge in [-0.1, -0.05) is 25.1 Å². The Morgan fingerprint density at radius 3 is 2.57 bits per heavy atom. The number of H-pyrrole nitrogens is 1. The Morgan fingerprint density at radius 2 is 1.86 bits per heavy atom. The molecule has 0 atom stereocenters. The molecule has 1 heterocycles. The van der Waals surface area contributed by atoms with Gasteiger partial charge in [0.1, 0.15) is 0 Å². The van der Waals surface area contributed by atoms with Crippen molar-refractivity contribution in [2.45, 2.75) is 19.5 Å². The van der Waals surface area contributed by atoms with E-state index in [2.05, 4.69) is 10.2 Å². The number of nitrogens with one attached hydrogen (secondary N) is 1. The summed E-state index contributed by atoms with van der Waals surface area (Å²) in [6.07, 6.45) is -2.10. The fraction of sp³-hybridized carbons (Fsp3) is 0.188. The number of halogens is 3. The summed E-state index contributed by atoms with van der Waals surface area (Å²) in [5, 5.41) is 7.59. The summed E-state index contributed by atoms with van der Waals surface area (Å²) in [6.45, 7) is 1.93. The fourth-order valence-corrected chi connectivity index (χ4v) is 2.54. The van der Waals surface area contributed by atoms with Crippen molar-refractivity contribution in [3.8, 4) is 11.1 Å². The maximum Gasteiger partial charge on any atom is 0.417 e. The van der Waals surface area contributed by atoms with Crippen molar-refractivity contribution in [2.75, 3.05) is 0 Å². The molecule has 0 unspecified atom stereocenters. The first-order valence-electron chi connectivity index (χ1n) is 6.63. The molecule has 0 fully saturated rings. The van der Waals surface area contributed by atoms with E-state index in [0.717, 1.165) is 22.5 Å². The Kier molecular flexibility index (Phi) is 3.20. The predicted molar refractivity (Wildman–Crippen MR) is 75.9 cm³/mol. The van der Waals surface area contributed by atoms with Crippen molar-refractivity contribution in [1.82, 2.24) is 10.2 Å². The van der Waals surface area contributed by atoms with E-state index in [-0.39, 0.29) is 5.56 Å². The molecule has 0 aliphatic carbocycles. The van der Waals surface area contributed by atoms with Crippen molar-refractivity contribution in [1.29, 1.82) is 0 Å². The molecule has 3 rings (SSSR count). The van der Waals surface area contributed by atoms with Crippen molar-refractivity contribution >= 4 is 10.9 Å². The van der Waals surface area contributed by atoms with Crippen LogP contribution in [0.4, 0.5) is 13.2 Å². The normalized spacial score (nSPS) is 12.0. The quantitative estimate of drug-likeness (QED) is 0.720. The van der Waals surface area contributed by atoms with Gasteiger partial charge < -0.3 is 0 Å². The summed E-state index contributed by atoms with van der Waals surface area (Å²) in [6, 6.07) is 9.31. The van der Waals surface area contributed by atoms with Crippen LogP contribution in [0.5, 0.6) is 0 Å². The number of aromatic amines is 1. The third kappa shape index (κ3) is 2.39. The topological polar surface area (TPSA) is 28.7 Å². The largest absolute Gasteiger partial charge is 0.417 e. The van der Waals surface area contributed by atoms with Gasteiger partial charge in [0.25, 0.3) is 0 Å². The molecule has 0 aliphatic heterocycles. The van der Waals surface area contributed by atoms with E-state index >= 15 is 0 Å². The zero-order valence-electron chi connectivity index (χ0n) is 11.3. The first-order chi connectivity index (χ1) is 10.0. The molecule has 0 radical (unpaired) electrons. The van der Waals surface area contributed by atoms with Crippen LogP contribution < -0.4 is 0 Å². The molecule has 2 nitrogen and oxygen atoms in total. The highest BCUT2D eigenvalue weighted by Gasteiger charge is 2.33. The lowest BCUT2D eigenvalue weighted by molar-refractivity contribution is -0.137. The van der Waals surface area contributed by atoms with Crippen molar-refractivity contribution in [3.05, 3.63) is 53.7 Å². The number of alkyl halides is 3. The number of hydrogen-bond donors (Lipinski definition) is 1. The number of aryl methyl sites for hydroxylation is 1. The Labute approximate surface area is 119 Å². The minimum atomic E-state index is -4.37. The van der Waals surface area contributed by atoms with Gasteiger partial charge in [0.15, 0.2) is 0 Å². The number of aromatic nitrogens is 2. The molecule has 108 valence electrons. The fourth-order valence-electron chi connectivity index (χ4n) is 2.54. The van der Waals surface area contributed by atoms with Crippen LogP contribution >= 0.6 is 0 Å². The molecule has 5 heteroatoms. The Bertz CT molecular complexity index is 788. The molecule has 0 amide bonds.